The summed E-state index contributed by atoms with van der Waals surface area (Å²) in [4.78, 5) is 10.6. The van der Waals surface area contributed by atoms with Gasteiger partial charge in [-0.05, 0) is 12.8 Å². The maximum atomic E-state index is 10.6. The van der Waals surface area contributed by atoms with Crippen LogP contribution in [0.2, 0.25) is 0 Å². The van der Waals surface area contributed by atoms with Gasteiger partial charge in [-0.25, -0.2) is 0 Å². The van der Waals surface area contributed by atoms with Crippen molar-refractivity contribution >= 4 is 5.78 Å². The topological polar surface area (TPSA) is 63.3 Å². The van der Waals surface area contributed by atoms with Crippen LogP contribution in [-0.2, 0) is 4.79 Å². The Morgan fingerprint density at radius 1 is 1.50 bits per heavy atom. The molecule has 3 heteroatoms. The summed E-state index contributed by atoms with van der Waals surface area (Å²) in [6.07, 6.45) is -0.711. The number of hydrogen-bond acceptors (Lipinski definition) is 3. The fourth-order valence-corrected chi connectivity index (χ4v) is 0.655. The molecule has 0 aliphatic heterocycles. The van der Waals surface area contributed by atoms with Gasteiger partial charge < -0.3 is 10.8 Å². The molecule has 2 atom stereocenters. The van der Waals surface area contributed by atoms with Gasteiger partial charge in [-0.15, -0.1) is 0 Å². The summed E-state index contributed by atoms with van der Waals surface area (Å²) in [5.74, 6) is -0.125. The van der Waals surface area contributed by atoms with Gasteiger partial charge in [0.15, 0.2) is 0 Å². The Morgan fingerprint density at radius 3 is 2.00 bits per heavy atom. The molecule has 0 bridgehead atoms. The van der Waals surface area contributed by atoms with Crippen molar-refractivity contribution in [1.82, 2.24) is 0 Å². The van der Waals surface area contributed by atoms with Crippen molar-refractivity contribution in [2.75, 3.05) is 0 Å². The Hall–Kier alpha value is -0.410. The van der Waals surface area contributed by atoms with Crippen molar-refractivity contribution in [2.45, 2.75) is 32.9 Å². The molecule has 0 saturated heterocycles. The Bertz CT molecular complexity index is 123. The van der Waals surface area contributed by atoms with E-state index in [1.807, 2.05) is 13.8 Å². The summed E-state index contributed by atoms with van der Waals surface area (Å²) in [6.45, 7) is 5.04. The minimum atomic E-state index is -0.722. The van der Waals surface area contributed by atoms with E-state index in [-0.39, 0.29) is 11.7 Å². The van der Waals surface area contributed by atoms with Crippen LogP contribution in [0.3, 0.4) is 0 Å². The van der Waals surface area contributed by atoms with Crippen LogP contribution in [0.5, 0.6) is 0 Å². The molecule has 0 saturated carbocycles. The molecule has 0 aromatic carbocycles. The minimum absolute atomic E-state index is 0.0406. The average molecular weight is 145 g/mol. The molecule has 3 N–H and O–H groups in total. The average Bonchev–Trinajstić information content (AvgIpc) is 1.84. The summed E-state index contributed by atoms with van der Waals surface area (Å²) in [6, 6.07) is -0.722. The first-order valence-electron chi connectivity index (χ1n) is 3.41. The molecular weight excluding hydrogens is 130 g/mol. The maximum Gasteiger partial charge on any atom is 0.149 e. The van der Waals surface area contributed by atoms with Crippen molar-refractivity contribution in [1.29, 1.82) is 0 Å². The zero-order valence-electron chi connectivity index (χ0n) is 6.66. The Balaban J connectivity index is 3.94. The summed E-state index contributed by atoms with van der Waals surface area (Å²) < 4.78 is 0. The molecule has 0 aliphatic rings. The van der Waals surface area contributed by atoms with Gasteiger partial charge in [-0.1, -0.05) is 13.8 Å². The lowest BCUT2D eigenvalue weighted by atomic mass is 9.98. The summed E-state index contributed by atoms with van der Waals surface area (Å²) in [7, 11) is 0. The van der Waals surface area contributed by atoms with E-state index in [2.05, 4.69) is 0 Å². The van der Waals surface area contributed by atoms with Crippen LogP contribution >= 0.6 is 0 Å². The number of aliphatic hydroxyl groups is 1. The molecule has 0 fully saturated rings. The largest absolute Gasteiger partial charge is 0.391 e. The lowest BCUT2D eigenvalue weighted by Crippen LogP contribution is -2.43. The van der Waals surface area contributed by atoms with Gasteiger partial charge in [-0.2, -0.15) is 0 Å². The molecule has 3 nitrogen and oxygen atoms in total. The SMILES string of the molecule is CC(=O)C(N)C(O)C(C)C. The Morgan fingerprint density at radius 2 is 1.90 bits per heavy atom. The molecule has 0 aliphatic carbocycles. The molecule has 0 spiro atoms. The van der Waals surface area contributed by atoms with E-state index in [0.29, 0.717) is 0 Å². The van der Waals surface area contributed by atoms with Gasteiger partial charge in [0.05, 0.1) is 12.1 Å². The number of carbonyl (C=O) groups is 1. The molecule has 0 heterocycles. The van der Waals surface area contributed by atoms with Gasteiger partial charge in [0.25, 0.3) is 0 Å². The smallest absolute Gasteiger partial charge is 0.149 e. The van der Waals surface area contributed by atoms with Crippen molar-refractivity contribution in [3.63, 3.8) is 0 Å². The van der Waals surface area contributed by atoms with Crippen LogP contribution in [0.1, 0.15) is 20.8 Å². The first kappa shape index (κ1) is 9.59. The van der Waals surface area contributed by atoms with Crippen LogP contribution in [0.15, 0.2) is 0 Å². The standard InChI is InChI=1S/C7H15NO2/c1-4(2)7(10)6(8)5(3)9/h4,6-7,10H,8H2,1-3H3. The zero-order chi connectivity index (χ0) is 8.31. The zero-order valence-corrected chi connectivity index (χ0v) is 6.66. The second kappa shape index (κ2) is 3.68. The maximum absolute atomic E-state index is 10.6. The van der Waals surface area contributed by atoms with Gasteiger partial charge in [0, 0.05) is 0 Å². The van der Waals surface area contributed by atoms with E-state index in [4.69, 9.17) is 5.73 Å². The van der Waals surface area contributed by atoms with Crippen LogP contribution < -0.4 is 5.73 Å². The van der Waals surface area contributed by atoms with Gasteiger partial charge in [0.1, 0.15) is 5.78 Å². The lowest BCUT2D eigenvalue weighted by Gasteiger charge is -2.19. The highest BCUT2D eigenvalue weighted by molar-refractivity contribution is 5.81. The number of rotatable bonds is 3. The molecule has 0 aromatic rings. The van der Waals surface area contributed by atoms with E-state index in [1.165, 1.54) is 6.92 Å². The van der Waals surface area contributed by atoms with Crippen LogP contribution in [-0.4, -0.2) is 23.0 Å². The fraction of sp³-hybridized carbons (Fsp3) is 0.857. The number of carbonyl (C=O) groups excluding carboxylic acids is 1. The van der Waals surface area contributed by atoms with E-state index < -0.39 is 12.1 Å². The van der Waals surface area contributed by atoms with Crippen molar-refractivity contribution < 1.29 is 9.90 Å². The summed E-state index contributed by atoms with van der Waals surface area (Å²) in [5.41, 5.74) is 5.36. The highest BCUT2D eigenvalue weighted by Crippen LogP contribution is 2.04. The monoisotopic (exact) mass is 145 g/mol. The minimum Gasteiger partial charge on any atom is -0.391 e. The predicted molar refractivity (Wildman–Crippen MR) is 39.5 cm³/mol. The number of nitrogens with two attached hydrogens (primary N) is 1. The van der Waals surface area contributed by atoms with E-state index >= 15 is 0 Å². The predicted octanol–water partition coefficient (Wildman–Crippen LogP) is -0.0804. The van der Waals surface area contributed by atoms with Crippen molar-refractivity contribution in [3.05, 3.63) is 0 Å². The first-order valence-corrected chi connectivity index (χ1v) is 3.41. The molecule has 0 aromatic heterocycles. The normalized spacial score (nSPS) is 17.0. The van der Waals surface area contributed by atoms with E-state index in [1.54, 1.807) is 0 Å². The van der Waals surface area contributed by atoms with Crippen LogP contribution in [0, 0.1) is 5.92 Å². The molecule has 60 valence electrons. The molecule has 10 heavy (non-hydrogen) atoms. The molecule has 2 unspecified atom stereocenters. The highest BCUT2D eigenvalue weighted by Gasteiger charge is 2.21. The molecule has 0 rings (SSSR count). The highest BCUT2D eigenvalue weighted by atomic mass is 16.3. The molecule has 0 amide bonds. The Kier molecular flexibility index (Phi) is 3.53. The first-order chi connectivity index (χ1) is 4.46. The molecule has 0 radical (unpaired) electrons. The van der Waals surface area contributed by atoms with Crippen LogP contribution in [0.4, 0.5) is 0 Å². The quantitative estimate of drug-likeness (QED) is 0.584. The number of Topliss-reactive ketones (excluding diaryl/α,β-unsaturated/α-hetero) is 1. The second-order valence-corrected chi connectivity index (χ2v) is 2.87. The third kappa shape index (κ3) is 2.45. The van der Waals surface area contributed by atoms with Crippen molar-refractivity contribution in [2.24, 2.45) is 11.7 Å². The van der Waals surface area contributed by atoms with E-state index in [0.717, 1.165) is 0 Å². The van der Waals surface area contributed by atoms with Gasteiger partial charge in [0.2, 0.25) is 0 Å². The number of aliphatic hydroxyl groups excluding tert-OH is 1. The van der Waals surface area contributed by atoms with E-state index in [9.17, 15) is 9.90 Å². The number of hydrogen-bond donors (Lipinski definition) is 2. The summed E-state index contributed by atoms with van der Waals surface area (Å²) >= 11 is 0. The van der Waals surface area contributed by atoms with Gasteiger partial charge in [-0.3, -0.25) is 4.79 Å². The summed E-state index contributed by atoms with van der Waals surface area (Å²) in [5, 5.41) is 9.22. The number of ketones is 1. The van der Waals surface area contributed by atoms with Crippen molar-refractivity contribution in [3.8, 4) is 0 Å². The molecular formula is C7H15NO2. The third-order valence-corrected chi connectivity index (χ3v) is 1.52. The Labute approximate surface area is 61.2 Å². The second-order valence-electron chi connectivity index (χ2n) is 2.87. The third-order valence-electron chi connectivity index (χ3n) is 1.52. The van der Waals surface area contributed by atoms with Gasteiger partial charge >= 0.3 is 0 Å². The fourth-order valence-electron chi connectivity index (χ4n) is 0.655. The van der Waals surface area contributed by atoms with Crippen LogP contribution in [0.25, 0.3) is 0 Å². The lowest BCUT2D eigenvalue weighted by molar-refractivity contribution is -0.121.